The Hall–Kier alpha value is -3.03. The summed E-state index contributed by atoms with van der Waals surface area (Å²) < 4.78 is 26.3. The van der Waals surface area contributed by atoms with E-state index in [1.807, 2.05) is 0 Å². The van der Waals surface area contributed by atoms with Crippen molar-refractivity contribution in [2.45, 2.75) is 0 Å². The Balaban J connectivity index is 2.44. The molecule has 2 aromatic carbocycles. The molecule has 0 radical (unpaired) electrons. The third-order valence-electron chi connectivity index (χ3n) is 2.64. The highest BCUT2D eigenvalue weighted by Crippen LogP contribution is 2.27. The SMILES string of the molecule is O=C(O)c1cc([N+](=O)[O-])ccc1Nc1ccc(F)cc1F. The topological polar surface area (TPSA) is 92.5 Å². The molecule has 2 aromatic rings. The van der Waals surface area contributed by atoms with Crippen LogP contribution >= 0.6 is 0 Å². The Labute approximate surface area is 116 Å². The molecule has 0 unspecified atom stereocenters. The molecule has 0 spiro atoms. The molecule has 6 nitrogen and oxygen atoms in total. The number of nitrogens with one attached hydrogen (secondary N) is 1. The van der Waals surface area contributed by atoms with E-state index in [2.05, 4.69) is 5.32 Å². The van der Waals surface area contributed by atoms with Crippen molar-refractivity contribution in [3.63, 3.8) is 0 Å². The molecule has 108 valence electrons. The van der Waals surface area contributed by atoms with Gasteiger partial charge in [0.1, 0.15) is 11.6 Å². The molecule has 0 aliphatic carbocycles. The second-order valence-corrected chi connectivity index (χ2v) is 4.04. The number of non-ortho nitro benzene ring substituents is 1. The number of anilines is 2. The summed E-state index contributed by atoms with van der Waals surface area (Å²) in [6.45, 7) is 0. The van der Waals surface area contributed by atoms with Crippen molar-refractivity contribution in [1.82, 2.24) is 0 Å². The molecule has 8 heteroatoms. The number of nitrogens with zero attached hydrogens (tertiary/aromatic N) is 1. The minimum absolute atomic E-state index is 0.0430. The Morgan fingerprint density at radius 3 is 2.38 bits per heavy atom. The number of carboxylic acids is 1. The first-order valence-corrected chi connectivity index (χ1v) is 5.62. The van der Waals surface area contributed by atoms with Crippen molar-refractivity contribution >= 4 is 23.0 Å². The molecule has 2 N–H and O–H groups in total. The molecule has 2 rings (SSSR count). The predicted molar refractivity (Wildman–Crippen MR) is 69.7 cm³/mol. The van der Waals surface area contributed by atoms with Crippen molar-refractivity contribution in [3.05, 3.63) is 63.7 Å². The van der Waals surface area contributed by atoms with Crippen LogP contribution < -0.4 is 5.32 Å². The fourth-order valence-electron chi connectivity index (χ4n) is 1.67. The fraction of sp³-hybridized carbons (Fsp3) is 0. The van der Waals surface area contributed by atoms with E-state index >= 15 is 0 Å². The number of carbonyl (C=O) groups is 1. The molecule has 0 saturated heterocycles. The van der Waals surface area contributed by atoms with E-state index in [0.29, 0.717) is 6.07 Å². The van der Waals surface area contributed by atoms with E-state index < -0.39 is 33.8 Å². The number of rotatable bonds is 4. The lowest BCUT2D eigenvalue weighted by molar-refractivity contribution is -0.384. The smallest absolute Gasteiger partial charge is 0.338 e. The lowest BCUT2D eigenvalue weighted by Crippen LogP contribution is -2.05. The number of halogens is 2. The molecular formula is C13H8F2N2O4. The van der Waals surface area contributed by atoms with E-state index in [9.17, 15) is 23.7 Å². The minimum atomic E-state index is -1.41. The molecule has 0 heterocycles. The third kappa shape index (κ3) is 3.11. The average molecular weight is 294 g/mol. The van der Waals surface area contributed by atoms with Crippen LogP contribution in [-0.2, 0) is 0 Å². The van der Waals surface area contributed by atoms with Crippen LogP contribution in [-0.4, -0.2) is 16.0 Å². The minimum Gasteiger partial charge on any atom is -0.478 e. The molecule has 0 aliphatic heterocycles. The van der Waals surface area contributed by atoms with Gasteiger partial charge in [-0.25, -0.2) is 13.6 Å². The number of carboxylic acid groups (broad SMARTS) is 1. The van der Waals surface area contributed by atoms with Crippen molar-refractivity contribution in [3.8, 4) is 0 Å². The van der Waals surface area contributed by atoms with Gasteiger partial charge >= 0.3 is 5.97 Å². The van der Waals surface area contributed by atoms with Gasteiger partial charge in [-0.2, -0.15) is 0 Å². The second kappa shape index (κ2) is 5.53. The summed E-state index contributed by atoms with van der Waals surface area (Å²) in [5.74, 6) is -3.10. The highest BCUT2D eigenvalue weighted by Gasteiger charge is 2.17. The number of benzene rings is 2. The first kappa shape index (κ1) is 14.4. The summed E-state index contributed by atoms with van der Waals surface area (Å²) in [6, 6.07) is 5.80. The Bertz CT molecular complexity index is 734. The summed E-state index contributed by atoms with van der Waals surface area (Å²) >= 11 is 0. The zero-order valence-electron chi connectivity index (χ0n) is 10.3. The second-order valence-electron chi connectivity index (χ2n) is 4.04. The molecule has 0 aliphatic rings. The van der Waals surface area contributed by atoms with Gasteiger partial charge < -0.3 is 10.4 Å². The summed E-state index contributed by atoms with van der Waals surface area (Å²) in [7, 11) is 0. The molecule has 0 aromatic heterocycles. The summed E-state index contributed by atoms with van der Waals surface area (Å²) in [4.78, 5) is 21.0. The van der Waals surface area contributed by atoms with Crippen molar-refractivity contribution in [2.24, 2.45) is 0 Å². The largest absolute Gasteiger partial charge is 0.478 e. The highest BCUT2D eigenvalue weighted by molar-refractivity contribution is 5.96. The van der Waals surface area contributed by atoms with E-state index in [4.69, 9.17) is 5.11 Å². The van der Waals surface area contributed by atoms with Gasteiger partial charge in [0.25, 0.3) is 5.69 Å². The van der Waals surface area contributed by atoms with Gasteiger partial charge in [-0.05, 0) is 18.2 Å². The average Bonchev–Trinajstić information content (AvgIpc) is 2.41. The van der Waals surface area contributed by atoms with Gasteiger partial charge in [0.15, 0.2) is 0 Å². The molecule has 0 fully saturated rings. The predicted octanol–water partition coefficient (Wildman–Crippen LogP) is 3.31. The van der Waals surface area contributed by atoms with Crippen molar-refractivity contribution in [2.75, 3.05) is 5.32 Å². The van der Waals surface area contributed by atoms with Gasteiger partial charge in [-0.1, -0.05) is 0 Å². The lowest BCUT2D eigenvalue weighted by atomic mass is 10.1. The maximum Gasteiger partial charge on any atom is 0.338 e. The number of hydrogen-bond acceptors (Lipinski definition) is 4. The van der Waals surface area contributed by atoms with Crippen LogP contribution in [0.2, 0.25) is 0 Å². The maximum atomic E-state index is 13.5. The standard InChI is InChI=1S/C13H8F2N2O4/c14-7-1-3-12(10(15)5-7)16-11-4-2-8(17(20)21)6-9(11)13(18)19/h1-6,16H,(H,18,19). The number of nitro benzene ring substituents is 1. The zero-order valence-corrected chi connectivity index (χ0v) is 10.3. The van der Waals surface area contributed by atoms with Crippen LogP contribution in [0.15, 0.2) is 36.4 Å². The normalized spacial score (nSPS) is 10.2. The first-order valence-electron chi connectivity index (χ1n) is 5.62. The van der Waals surface area contributed by atoms with Crippen LogP contribution in [0.25, 0.3) is 0 Å². The van der Waals surface area contributed by atoms with Gasteiger partial charge in [-0.15, -0.1) is 0 Å². The molecule has 21 heavy (non-hydrogen) atoms. The van der Waals surface area contributed by atoms with Gasteiger partial charge in [0.2, 0.25) is 0 Å². The van der Waals surface area contributed by atoms with E-state index in [0.717, 1.165) is 30.3 Å². The Kier molecular flexibility index (Phi) is 3.79. The van der Waals surface area contributed by atoms with E-state index in [1.165, 1.54) is 0 Å². The van der Waals surface area contributed by atoms with Gasteiger partial charge in [0.05, 0.1) is 21.9 Å². The van der Waals surface area contributed by atoms with Crippen LogP contribution in [0.5, 0.6) is 0 Å². The van der Waals surface area contributed by atoms with Crippen LogP contribution in [0.3, 0.4) is 0 Å². The Morgan fingerprint density at radius 2 is 1.81 bits per heavy atom. The monoisotopic (exact) mass is 294 g/mol. The van der Waals surface area contributed by atoms with Crippen molar-refractivity contribution in [1.29, 1.82) is 0 Å². The zero-order chi connectivity index (χ0) is 15.6. The first-order chi connectivity index (χ1) is 9.88. The summed E-state index contributed by atoms with van der Waals surface area (Å²) in [5.41, 5.74) is -0.989. The number of aromatic carboxylic acids is 1. The molecule has 0 bridgehead atoms. The molecule has 0 amide bonds. The lowest BCUT2D eigenvalue weighted by Gasteiger charge is -2.10. The fourth-order valence-corrected chi connectivity index (χ4v) is 1.67. The van der Waals surface area contributed by atoms with Crippen molar-refractivity contribution < 1.29 is 23.6 Å². The van der Waals surface area contributed by atoms with Crippen LogP contribution in [0.4, 0.5) is 25.8 Å². The summed E-state index contributed by atoms with van der Waals surface area (Å²) in [6.07, 6.45) is 0. The van der Waals surface area contributed by atoms with Gasteiger partial charge in [0, 0.05) is 18.2 Å². The molecule has 0 atom stereocenters. The molecular weight excluding hydrogens is 286 g/mol. The highest BCUT2D eigenvalue weighted by atomic mass is 19.1. The Morgan fingerprint density at radius 1 is 1.14 bits per heavy atom. The number of hydrogen-bond donors (Lipinski definition) is 2. The maximum absolute atomic E-state index is 13.5. The van der Waals surface area contributed by atoms with Gasteiger partial charge in [-0.3, -0.25) is 10.1 Å². The summed E-state index contributed by atoms with van der Waals surface area (Å²) in [5, 5.41) is 22.1. The van der Waals surface area contributed by atoms with E-state index in [1.54, 1.807) is 0 Å². The van der Waals surface area contributed by atoms with Crippen LogP contribution in [0, 0.1) is 21.7 Å². The van der Waals surface area contributed by atoms with Crippen LogP contribution in [0.1, 0.15) is 10.4 Å². The third-order valence-corrected chi connectivity index (χ3v) is 2.64. The quantitative estimate of drug-likeness (QED) is 0.666. The molecule has 0 saturated carbocycles. The number of nitro groups is 1. The van der Waals surface area contributed by atoms with E-state index in [-0.39, 0.29) is 11.4 Å².